The molecule has 2 aromatic rings. The van der Waals surface area contributed by atoms with E-state index in [1.54, 1.807) is 22.9 Å². The molecule has 0 aliphatic rings. The van der Waals surface area contributed by atoms with Crippen LogP contribution < -0.4 is 15.6 Å². The molecule has 2 N–H and O–H groups in total. The van der Waals surface area contributed by atoms with E-state index in [-0.39, 0.29) is 5.75 Å². The molecule has 0 spiro atoms. The number of carbonyl (C=O) groups is 2. The second kappa shape index (κ2) is 6.85. The fourth-order valence-electron chi connectivity index (χ4n) is 1.47. The van der Waals surface area contributed by atoms with Crippen molar-refractivity contribution in [1.82, 2.24) is 10.9 Å². The summed E-state index contributed by atoms with van der Waals surface area (Å²) in [6.45, 7) is 1.46. The normalized spacial score (nSPS) is 11.5. The van der Waals surface area contributed by atoms with Gasteiger partial charge >= 0.3 is 0 Å². The van der Waals surface area contributed by atoms with Gasteiger partial charge in [-0.15, -0.1) is 0 Å². The number of hydrogen-bond donors (Lipinski definition) is 2. The van der Waals surface area contributed by atoms with E-state index in [1.165, 1.54) is 36.5 Å². The van der Waals surface area contributed by atoms with Crippen LogP contribution in [0.2, 0.25) is 0 Å². The highest BCUT2D eigenvalue weighted by Crippen LogP contribution is 2.16. The van der Waals surface area contributed by atoms with Gasteiger partial charge < -0.3 is 4.74 Å². The molecule has 2 amide bonds. The van der Waals surface area contributed by atoms with E-state index >= 15 is 0 Å². The monoisotopic (exact) mass is 308 g/mol. The van der Waals surface area contributed by atoms with Crippen molar-refractivity contribution in [3.63, 3.8) is 0 Å². The molecule has 0 aliphatic carbocycles. The van der Waals surface area contributed by atoms with Crippen molar-refractivity contribution in [3.8, 4) is 5.75 Å². The number of rotatable bonds is 4. The molecule has 0 saturated carbocycles. The van der Waals surface area contributed by atoms with Crippen molar-refractivity contribution in [2.24, 2.45) is 0 Å². The van der Waals surface area contributed by atoms with Gasteiger partial charge in [-0.05, 0) is 30.5 Å². The predicted octanol–water partition coefficient (Wildman–Crippen LogP) is 2.12. The van der Waals surface area contributed by atoms with Crippen molar-refractivity contribution < 1.29 is 18.7 Å². The van der Waals surface area contributed by atoms with Crippen molar-refractivity contribution in [2.45, 2.75) is 13.0 Å². The fourth-order valence-corrected chi connectivity index (χ4v) is 2.11. The van der Waals surface area contributed by atoms with Gasteiger partial charge in [-0.1, -0.05) is 12.1 Å². The molecule has 2 rings (SSSR count). The van der Waals surface area contributed by atoms with E-state index in [9.17, 15) is 14.0 Å². The zero-order chi connectivity index (χ0) is 15.2. The van der Waals surface area contributed by atoms with Gasteiger partial charge in [0.05, 0.1) is 5.56 Å². The van der Waals surface area contributed by atoms with Crippen LogP contribution in [-0.4, -0.2) is 17.9 Å². The van der Waals surface area contributed by atoms with E-state index in [0.717, 1.165) is 0 Å². The molecule has 1 atom stereocenters. The van der Waals surface area contributed by atoms with E-state index in [1.807, 2.05) is 0 Å². The van der Waals surface area contributed by atoms with Crippen LogP contribution in [0, 0.1) is 5.82 Å². The van der Waals surface area contributed by atoms with Gasteiger partial charge in [-0.2, -0.15) is 11.3 Å². The lowest BCUT2D eigenvalue weighted by Gasteiger charge is -2.15. The van der Waals surface area contributed by atoms with Gasteiger partial charge in [0, 0.05) is 5.38 Å². The van der Waals surface area contributed by atoms with Gasteiger partial charge in [0.25, 0.3) is 11.8 Å². The first kappa shape index (κ1) is 15.0. The van der Waals surface area contributed by atoms with Crippen LogP contribution in [0.25, 0.3) is 0 Å². The SMILES string of the molecule is CC(Oc1ccccc1F)C(=O)NNC(=O)c1ccsc1. The van der Waals surface area contributed by atoms with Crippen LogP contribution >= 0.6 is 11.3 Å². The minimum absolute atomic E-state index is 0.0238. The maximum Gasteiger partial charge on any atom is 0.279 e. The van der Waals surface area contributed by atoms with Gasteiger partial charge in [0.1, 0.15) is 0 Å². The largest absolute Gasteiger partial charge is 0.478 e. The number of ether oxygens (including phenoxy) is 1. The van der Waals surface area contributed by atoms with E-state index in [2.05, 4.69) is 10.9 Å². The Hall–Kier alpha value is -2.41. The van der Waals surface area contributed by atoms with E-state index in [4.69, 9.17) is 4.74 Å². The summed E-state index contributed by atoms with van der Waals surface area (Å²) < 4.78 is 18.6. The fraction of sp³-hybridized carbons (Fsp3) is 0.143. The third kappa shape index (κ3) is 4.03. The van der Waals surface area contributed by atoms with Crippen LogP contribution in [0.1, 0.15) is 17.3 Å². The number of carbonyl (C=O) groups excluding carboxylic acids is 2. The molecule has 0 fully saturated rings. The number of amides is 2. The summed E-state index contributed by atoms with van der Waals surface area (Å²) in [6.07, 6.45) is -0.954. The molecule has 0 radical (unpaired) electrons. The van der Waals surface area contributed by atoms with Gasteiger partial charge in [-0.25, -0.2) is 4.39 Å². The number of para-hydroxylation sites is 1. The standard InChI is InChI=1S/C14H13FN2O3S/c1-9(20-12-5-3-2-4-11(12)15)13(18)16-17-14(19)10-6-7-21-8-10/h2-9H,1H3,(H,16,18)(H,17,19). The number of nitrogens with one attached hydrogen (secondary N) is 2. The topological polar surface area (TPSA) is 67.4 Å². The average molecular weight is 308 g/mol. The summed E-state index contributed by atoms with van der Waals surface area (Å²) >= 11 is 1.37. The Morgan fingerprint density at radius 1 is 1.24 bits per heavy atom. The molecule has 1 unspecified atom stereocenters. The van der Waals surface area contributed by atoms with Crippen LogP contribution in [0.15, 0.2) is 41.1 Å². The first-order chi connectivity index (χ1) is 10.1. The third-order valence-electron chi connectivity index (χ3n) is 2.59. The predicted molar refractivity (Wildman–Crippen MR) is 76.4 cm³/mol. The molecule has 0 saturated heterocycles. The van der Waals surface area contributed by atoms with Gasteiger partial charge in [0.2, 0.25) is 0 Å². The second-order valence-corrected chi connectivity index (χ2v) is 4.93. The maximum absolute atomic E-state index is 13.4. The molecule has 1 aromatic carbocycles. The summed E-state index contributed by atoms with van der Waals surface area (Å²) in [5.41, 5.74) is 4.94. The smallest absolute Gasteiger partial charge is 0.279 e. The Morgan fingerprint density at radius 3 is 2.67 bits per heavy atom. The molecule has 1 heterocycles. The lowest BCUT2D eigenvalue weighted by Crippen LogP contribution is -2.47. The molecule has 110 valence electrons. The minimum Gasteiger partial charge on any atom is -0.478 e. The third-order valence-corrected chi connectivity index (χ3v) is 3.28. The molecule has 1 aromatic heterocycles. The zero-order valence-electron chi connectivity index (χ0n) is 11.1. The highest BCUT2D eigenvalue weighted by atomic mass is 32.1. The minimum atomic E-state index is -0.954. The number of benzene rings is 1. The lowest BCUT2D eigenvalue weighted by atomic mass is 10.3. The summed E-state index contributed by atoms with van der Waals surface area (Å²) in [5.74, 6) is -1.59. The number of thiophene rings is 1. The highest BCUT2D eigenvalue weighted by molar-refractivity contribution is 7.08. The number of hydrazine groups is 1. The number of hydrogen-bond acceptors (Lipinski definition) is 4. The van der Waals surface area contributed by atoms with Crippen molar-refractivity contribution in [2.75, 3.05) is 0 Å². The Labute approximate surface area is 124 Å². The van der Waals surface area contributed by atoms with Crippen LogP contribution in [0.5, 0.6) is 5.75 Å². The van der Waals surface area contributed by atoms with Gasteiger partial charge in [0.15, 0.2) is 17.7 Å². The van der Waals surface area contributed by atoms with Crippen LogP contribution in [0.4, 0.5) is 4.39 Å². The Kier molecular flexibility index (Phi) is 4.89. The summed E-state index contributed by atoms with van der Waals surface area (Å²) in [7, 11) is 0. The summed E-state index contributed by atoms with van der Waals surface area (Å²) in [5, 5.41) is 3.40. The number of halogens is 1. The van der Waals surface area contributed by atoms with E-state index in [0.29, 0.717) is 5.56 Å². The van der Waals surface area contributed by atoms with Crippen LogP contribution in [0.3, 0.4) is 0 Å². The first-order valence-corrected chi connectivity index (χ1v) is 7.06. The molecular formula is C14H13FN2O3S. The summed E-state index contributed by atoms with van der Waals surface area (Å²) in [6, 6.07) is 7.40. The molecule has 5 nitrogen and oxygen atoms in total. The lowest BCUT2D eigenvalue weighted by molar-refractivity contribution is -0.128. The Morgan fingerprint density at radius 2 is 2.00 bits per heavy atom. The van der Waals surface area contributed by atoms with Crippen molar-refractivity contribution in [1.29, 1.82) is 0 Å². The molecule has 0 bridgehead atoms. The summed E-state index contributed by atoms with van der Waals surface area (Å²) in [4.78, 5) is 23.4. The maximum atomic E-state index is 13.4. The molecule has 7 heteroatoms. The Bertz CT molecular complexity index is 631. The molecular weight excluding hydrogens is 295 g/mol. The highest BCUT2D eigenvalue weighted by Gasteiger charge is 2.17. The molecule has 0 aliphatic heterocycles. The van der Waals surface area contributed by atoms with Crippen molar-refractivity contribution in [3.05, 3.63) is 52.5 Å². The quantitative estimate of drug-likeness (QED) is 0.850. The Balaban J connectivity index is 1.86. The zero-order valence-corrected chi connectivity index (χ0v) is 11.9. The second-order valence-electron chi connectivity index (χ2n) is 4.15. The average Bonchev–Trinajstić information content (AvgIpc) is 3.01. The van der Waals surface area contributed by atoms with Crippen molar-refractivity contribution >= 4 is 23.2 Å². The first-order valence-electron chi connectivity index (χ1n) is 6.11. The molecule has 21 heavy (non-hydrogen) atoms. The van der Waals surface area contributed by atoms with E-state index < -0.39 is 23.7 Å². The van der Waals surface area contributed by atoms with Gasteiger partial charge in [-0.3, -0.25) is 20.4 Å². The van der Waals surface area contributed by atoms with Crippen LogP contribution in [-0.2, 0) is 4.79 Å².